The molecule has 0 spiro atoms. The van der Waals surface area contributed by atoms with Crippen molar-refractivity contribution in [2.45, 2.75) is 12.5 Å². The number of furan rings is 1. The minimum atomic E-state index is -3.13. The van der Waals surface area contributed by atoms with Crippen LogP contribution in [0.15, 0.2) is 34.7 Å². The van der Waals surface area contributed by atoms with Crippen LogP contribution < -0.4 is 0 Å². The van der Waals surface area contributed by atoms with Crippen LogP contribution in [0, 0.1) is 10.1 Å². The van der Waals surface area contributed by atoms with E-state index in [4.69, 9.17) is 16.0 Å². The van der Waals surface area contributed by atoms with Gasteiger partial charge in [-0.3, -0.25) is 14.9 Å². The average Bonchev–Trinajstić information content (AvgIpc) is 3.20. The first-order chi connectivity index (χ1) is 12.2. The summed E-state index contributed by atoms with van der Waals surface area (Å²) in [5.41, 5.74) is -0.0364. The Morgan fingerprint density at radius 2 is 2.08 bits per heavy atom. The summed E-state index contributed by atoms with van der Waals surface area (Å²) in [7, 11) is -1.61. The quantitative estimate of drug-likeness (QED) is 0.578. The van der Waals surface area contributed by atoms with E-state index in [-0.39, 0.29) is 39.3 Å². The molecular formula is C16H15ClN2O6S. The third kappa shape index (κ3) is 3.58. The van der Waals surface area contributed by atoms with Gasteiger partial charge < -0.3 is 9.32 Å². The zero-order chi connectivity index (χ0) is 19.1. The Morgan fingerprint density at radius 1 is 1.35 bits per heavy atom. The molecule has 0 N–H and O–H groups in total. The fraction of sp³-hybridized carbons (Fsp3) is 0.312. The highest BCUT2D eigenvalue weighted by molar-refractivity contribution is 7.91. The molecule has 0 radical (unpaired) electrons. The molecule has 0 aliphatic carbocycles. The van der Waals surface area contributed by atoms with Crippen LogP contribution in [0.25, 0.3) is 11.3 Å². The molecule has 1 saturated heterocycles. The van der Waals surface area contributed by atoms with Crippen LogP contribution in [0.2, 0.25) is 5.02 Å². The van der Waals surface area contributed by atoms with Gasteiger partial charge in [-0.05, 0) is 30.7 Å². The molecule has 0 saturated carbocycles. The average molecular weight is 399 g/mol. The van der Waals surface area contributed by atoms with Gasteiger partial charge >= 0.3 is 0 Å². The zero-order valence-corrected chi connectivity index (χ0v) is 15.3. The lowest BCUT2D eigenvalue weighted by Crippen LogP contribution is -2.37. The van der Waals surface area contributed by atoms with Crippen molar-refractivity contribution in [3.05, 3.63) is 51.2 Å². The SMILES string of the molecule is CN(C(=O)c1ccc(-c2ccc(Cl)cc2[N+](=O)[O-])o1)[C@@H]1CCS(=O)(=O)C1. The summed E-state index contributed by atoms with van der Waals surface area (Å²) in [6, 6.07) is 6.60. The topological polar surface area (TPSA) is 111 Å². The summed E-state index contributed by atoms with van der Waals surface area (Å²) in [6.07, 6.45) is 0.376. The molecular weight excluding hydrogens is 384 g/mol. The van der Waals surface area contributed by atoms with Gasteiger partial charge in [0.1, 0.15) is 5.76 Å². The predicted molar refractivity (Wildman–Crippen MR) is 95.0 cm³/mol. The van der Waals surface area contributed by atoms with Gasteiger partial charge in [-0.1, -0.05) is 11.6 Å². The molecule has 8 nitrogen and oxygen atoms in total. The highest BCUT2D eigenvalue weighted by atomic mass is 35.5. The Morgan fingerprint density at radius 3 is 2.69 bits per heavy atom. The summed E-state index contributed by atoms with van der Waals surface area (Å²) in [5, 5.41) is 11.4. The zero-order valence-electron chi connectivity index (χ0n) is 13.7. The lowest BCUT2D eigenvalue weighted by molar-refractivity contribution is -0.384. The number of hydrogen-bond donors (Lipinski definition) is 0. The number of halogens is 1. The largest absolute Gasteiger partial charge is 0.451 e. The van der Waals surface area contributed by atoms with Crippen LogP contribution in [0.4, 0.5) is 5.69 Å². The van der Waals surface area contributed by atoms with Gasteiger partial charge in [0, 0.05) is 24.2 Å². The predicted octanol–water partition coefficient (Wildman–Crippen LogP) is 2.77. The Hall–Kier alpha value is -2.39. The summed E-state index contributed by atoms with van der Waals surface area (Å²) >= 11 is 5.80. The summed E-state index contributed by atoms with van der Waals surface area (Å²) in [6.45, 7) is 0. The third-order valence-electron chi connectivity index (χ3n) is 4.32. The molecule has 3 rings (SSSR count). The summed E-state index contributed by atoms with van der Waals surface area (Å²) < 4.78 is 28.7. The number of nitro groups is 1. The lowest BCUT2D eigenvalue weighted by atomic mass is 10.1. The summed E-state index contributed by atoms with van der Waals surface area (Å²) in [5.74, 6) is -0.364. The molecule has 1 fully saturated rings. The number of amides is 1. The van der Waals surface area contributed by atoms with Gasteiger partial charge in [-0.15, -0.1) is 0 Å². The van der Waals surface area contributed by atoms with E-state index < -0.39 is 26.7 Å². The molecule has 26 heavy (non-hydrogen) atoms. The van der Waals surface area contributed by atoms with E-state index in [9.17, 15) is 23.3 Å². The van der Waals surface area contributed by atoms with Gasteiger partial charge in [0.25, 0.3) is 11.6 Å². The number of nitro benzene ring substituents is 1. The number of benzene rings is 1. The Labute approximate surface area is 154 Å². The van der Waals surface area contributed by atoms with Crippen LogP contribution in [-0.2, 0) is 9.84 Å². The maximum absolute atomic E-state index is 12.5. The molecule has 1 aromatic heterocycles. The van der Waals surface area contributed by atoms with Crippen molar-refractivity contribution in [3.8, 4) is 11.3 Å². The standard InChI is InChI=1S/C16H15ClN2O6S/c1-18(11-6-7-26(23,24)9-11)16(20)15-5-4-14(25-15)12-3-2-10(17)8-13(12)19(21)22/h2-5,8,11H,6-7,9H2,1H3/t11-/m1/s1. The number of nitrogens with zero attached hydrogens (tertiary/aromatic N) is 2. The molecule has 2 aromatic rings. The fourth-order valence-electron chi connectivity index (χ4n) is 2.88. The molecule has 1 aliphatic rings. The monoisotopic (exact) mass is 398 g/mol. The second-order valence-electron chi connectivity index (χ2n) is 6.06. The first-order valence-corrected chi connectivity index (χ1v) is 9.89. The molecule has 2 heterocycles. The normalized spacial score (nSPS) is 18.6. The molecule has 0 bridgehead atoms. The van der Waals surface area contributed by atoms with Gasteiger partial charge in [-0.25, -0.2) is 8.42 Å². The second-order valence-corrected chi connectivity index (χ2v) is 8.72. The first kappa shape index (κ1) is 18.4. The van der Waals surface area contributed by atoms with E-state index in [0.717, 1.165) is 0 Å². The van der Waals surface area contributed by atoms with Crippen LogP contribution >= 0.6 is 11.6 Å². The molecule has 10 heteroatoms. The van der Waals surface area contributed by atoms with Gasteiger partial charge in [-0.2, -0.15) is 0 Å². The minimum Gasteiger partial charge on any atom is -0.451 e. The van der Waals surface area contributed by atoms with E-state index >= 15 is 0 Å². The van der Waals surface area contributed by atoms with Crippen molar-refractivity contribution in [1.82, 2.24) is 4.90 Å². The van der Waals surface area contributed by atoms with E-state index in [0.29, 0.717) is 6.42 Å². The van der Waals surface area contributed by atoms with Crippen molar-refractivity contribution < 1.29 is 22.6 Å². The third-order valence-corrected chi connectivity index (χ3v) is 6.30. The van der Waals surface area contributed by atoms with Crippen LogP contribution in [-0.4, -0.2) is 48.7 Å². The smallest absolute Gasteiger partial charge is 0.289 e. The van der Waals surface area contributed by atoms with Crippen LogP contribution in [0.5, 0.6) is 0 Å². The number of carbonyl (C=O) groups excluding carboxylic acids is 1. The first-order valence-electron chi connectivity index (χ1n) is 7.70. The Kier molecular flexibility index (Phi) is 4.76. The Bertz CT molecular complexity index is 984. The molecule has 1 atom stereocenters. The molecule has 138 valence electrons. The van der Waals surface area contributed by atoms with Crippen molar-refractivity contribution >= 4 is 33.0 Å². The maximum atomic E-state index is 12.5. The number of sulfone groups is 1. The molecule has 1 aliphatic heterocycles. The van der Waals surface area contributed by atoms with Gasteiger partial charge in [0.2, 0.25) is 0 Å². The number of carbonyl (C=O) groups is 1. The van der Waals surface area contributed by atoms with E-state index in [1.54, 1.807) is 0 Å². The van der Waals surface area contributed by atoms with Crippen LogP contribution in [0.3, 0.4) is 0 Å². The van der Waals surface area contributed by atoms with Gasteiger partial charge in [0.15, 0.2) is 15.6 Å². The van der Waals surface area contributed by atoms with E-state index in [1.807, 2.05) is 0 Å². The summed E-state index contributed by atoms with van der Waals surface area (Å²) in [4.78, 5) is 24.5. The highest BCUT2D eigenvalue weighted by Gasteiger charge is 2.34. The van der Waals surface area contributed by atoms with E-state index in [2.05, 4.69) is 0 Å². The van der Waals surface area contributed by atoms with Crippen molar-refractivity contribution in [1.29, 1.82) is 0 Å². The Balaban J connectivity index is 1.86. The maximum Gasteiger partial charge on any atom is 0.289 e. The van der Waals surface area contributed by atoms with Crippen LogP contribution in [0.1, 0.15) is 17.0 Å². The van der Waals surface area contributed by atoms with Gasteiger partial charge in [0.05, 0.1) is 22.0 Å². The fourth-order valence-corrected chi connectivity index (χ4v) is 4.82. The highest BCUT2D eigenvalue weighted by Crippen LogP contribution is 2.33. The molecule has 1 aromatic carbocycles. The van der Waals surface area contributed by atoms with Crippen molar-refractivity contribution in [2.75, 3.05) is 18.6 Å². The van der Waals surface area contributed by atoms with Crippen molar-refractivity contribution in [3.63, 3.8) is 0 Å². The molecule has 1 amide bonds. The molecule has 0 unspecified atom stereocenters. The van der Waals surface area contributed by atoms with Crippen molar-refractivity contribution in [2.24, 2.45) is 0 Å². The number of hydrogen-bond acceptors (Lipinski definition) is 6. The minimum absolute atomic E-state index is 0.0176. The number of rotatable bonds is 4. The second kappa shape index (κ2) is 6.73. The lowest BCUT2D eigenvalue weighted by Gasteiger charge is -2.22. The van der Waals surface area contributed by atoms with E-state index in [1.165, 1.54) is 42.3 Å².